The minimum Gasteiger partial charge on any atom is -0.491 e. The molecule has 1 saturated heterocycles. The van der Waals surface area contributed by atoms with Gasteiger partial charge in [0.15, 0.2) is 0 Å². The summed E-state index contributed by atoms with van der Waals surface area (Å²) in [7, 11) is -3.84. The lowest BCUT2D eigenvalue weighted by molar-refractivity contribution is 0.0398. The maximum Gasteiger partial charge on any atom is 0.297 e. The van der Waals surface area contributed by atoms with E-state index < -0.39 is 10.1 Å². The number of fused-ring (bicyclic) bond motifs is 1. The van der Waals surface area contributed by atoms with Crippen LogP contribution in [0.4, 0.5) is 17.3 Å². The first-order chi connectivity index (χ1) is 19.5. The molecule has 2 N–H and O–H groups in total. The minimum absolute atomic E-state index is 0.0656. The number of hydrogen-bond donors (Lipinski definition) is 2. The molecule has 12 heteroatoms. The second-order valence-corrected chi connectivity index (χ2v) is 10.9. The van der Waals surface area contributed by atoms with Crippen LogP contribution in [0.2, 0.25) is 0 Å². The van der Waals surface area contributed by atoms with Gasteiger partial charge in [-0.05, 0) is 37.3 Å². The highest BCUT2D eigenvalue weighted by atomic mass is 32.2. The highest BCUT2D eigenvalue weighted by Gasteiger charge is 2.15. The zero-order chi connectivity index (χ0) is 27.8. The van der Waals surface area contributed by atoms with Crippen molar-refractivity contribution in [1.82, 2.24) is 19.9 Å². The summed E-state index contributed by atoms with van der Waals surface area (Å²) in [6.45, 7) is 6.96. The van der Waals surface area contributed by atoms with Gasteiger partial charge in [0, 0.05) is 43.3 Å². The number of pyridine rings is 1. The Bertz CT molecular complexity index is 1530. The highest BCUT2D eigenvalue weighted by molar-refractivity contribution is 7.86. The summed E-state index contributed by atoms with van der Waals surface area (Å²) in [5.41, 5.74) is 2.44. The van der Waals surface area contributed by atoms with Crippen molar-refractivity contribution in [3.05, 3.63) is 72.7 Å². The van der Waals surface area contributed by atoms with E-state index in [0.717, 1.165) is 67.4 Å². The van der Waals surface area contributed by atoms with Gasteiger partial charge in [0.25, 0.3) is 10.1 Å². The Morgan fingerprint density at radius 2 is 1.82 bits per heavy atom. The predicted octanol–water partition coefficient (Wildman–Crippen LogP) is 3.61. The number of morpholine rings is 1. The van der Waals surface area contributed by atoms with Gasteiger partial charge >= 0.3 is 0 Å². The molecule has 0 atom stereocenters. The summed E-state index contributed by atoms with van der Waals surface area (Å²) in [6, 6.07) is 15.8. The molecule has 5 rings (SSSR count). The van der Waals surface area contributed by atoms with Crippen molar-refractivity contribution in [1.29, 1.82) is 0 Å². The summed E-state index contributed by atoms with van der Waals surface area (Å²) in [5, 5.41) is 7.54. The van der Waals surface area contributed by atoms with E-state index in [9.17, 15) is 8.42 Å². The summed E-state index contributed by atoms with van der Waals surface area (Å²) in [4.78, 5) is 15.7. The normalized spacial score (nSPS) is 14.2. The largest absolute Gasteiger partial charge is 0.491 e. The second kappa shape index (κ2) is 13.0. The quantitative estimate of drug-likeness (QED) is 0.193. The van der Waals surface area contributed by atoms with Crippen LogP contribution in [0.5, 0.6) is 5.75 Å². The maximum absolute atomic E-state index is 12.4. The summed E-state index contributed by atoms with van der Waals surface area (Å²) in [5.74, 6) is 1.94. The molecule has 0 amide bonds. The number of aryl methyl sites for hydroxylation is 1. The van der Waals surface area contributed by atoms with Crippen molar-refractivity contribution >= 4 is 38.3 Å². The van der Waals surface area contributed by atoms with Gasteiger partial charge in [-0.1, -0.05) is 23.8 Å². The van der Waals surface area contributed by atoms with Crippen molar-refractivity contribution < 1.29 is 22.1 Å². The molecule has 0 radical (unpaired) electrons. The van der Waals surface area contributed by atoms with Gasteiger partial charge in [0.05, 0.1) is 29.8 Å². The third kappa shape index (κ3) is 7.42. The van der Waals surface area contributed by atoms with E-state index in [1.54, 1.807) is 24.4 Å². The van der Waals surface area contributed by atoms with Crippen molar-refractivity contribution in [2.75, 3.05) is 63.2 Å². The Morgan fingerprint density at radius 3 is 2.65 bits per heavy atom. The first-order valence-corrected chi connectivity index (χ1v) is 14.5. The van der Waals surface area contributed by atoms with Gasteiger partial charge in [0.2, 0.25) is 0 Å². The Balaban J connectivity index is 1.17. The topological polar surface area (TPSA) is 128 Å². The van der Waals surface area contributed by atoms with Crippen LogP contribution < -0.4 is 15.4 Å². The molecule has 40 heavy (non-hydrogen) atoms. The number of nitrogens with zero attached hydrogens (tertiary/aromatic N) is 4. The molecule has 1 aliphatic heterocycles. The Morgan fingerprint density at radius 1 is 1.00 bits per heavy atom. The molecule has 1 aliphatic rings. The van der Waals surface area contributed by atoms with E-state index in [4.69, 9.17) is 13.7 Å². The molecule has 3 heterocycles. The van der Waals surface area contributed by atoms with E-state index in [1.165, 1.54) is 18.5 Å². The minimum atomic E-state index is -3.84. The number of aromatic nitrogens is 3. The van der Waals surface area contributed by atoms with Crippen LogP contribution in [0.1, 0.15) is 5.56 Å². The molecular weight excluding hydrogens is 532 g/mol. The fraction of sp³-hybridized carbons (Fsp3) is 0.321. The first-order valence-electron chi connectivity index (χ1n) is 13.1. The van der Waals surface area contributed by atoms with Gasteiger partial charge in [-0.2, -0.15) is 8.42 Å². The molecule has 210 valence electrons. The van der Waals surface area contributed by atoms with Crippen LogP contribution in [-0.2, 0) is 19.0 Å². The fourth-order valence-electron chi connectivity index (χ4n) is 4.20. The van der Waals surface area contributed by atoms with E-state index >= 15 is 0 Å². The molecular formula is C28H32N6O5S. The summed E-state index contributed by atoms with van der Waals surface area (Å²) in [6.07, 6.45) is 3.22. The summed E-state index contributed by atoms with van der Waals surface area (Å²) < 4.78 is 41.0. The fourth-order valence-corrected chi connectivity index (χ4v) is 5.09. The monoisotopic (exact) mass is 564 g/mol. The lowest BCUT2D eigenvalue weighted by atomic mass is 10.2. The highest BCUT2D eigenvalue weighted by Crippen LogP contribution is 2.26. The van der Waals surface area contributed by atoms with Gasteiger partial charge in [-0.25, -0.2) is 15.0 Å². The third-order valence-corrected chi connectivity index (χ3v) is 7.68. The molecule has 11 nitrogen and oxygen atoms in total. The van der Waals surface area contributed by atoms with Gasteiger partial charge < -0.3 is 20.1 Å². The Kier molecular flexibility index (Phi) is 9.01. The standard InChI is InChI=1S/C28H32N6O5S/c1-21-5-7-24(8-6-21)40(35,36)39-16-15-38-23-4-2-3-22(17-23)33-28-25-18-27(30-19-26(25)31-20-32-28)29-9-10-34-11-13-37-14-12-34/h2-8,17-20H,9-16H2,1H3,(H,29,30)(H,31,32,33). The maximum atomic E-state index is 12.4. The molecule has 1 fully saturated rings. The second-order valence-electron chi connectivity index (χ2n) is 9.28. The molecule has 0 unspecified atom stereocenters. The van der Waals surface area contributed by atoms with E-state index in [0.29, 0.717) is 11.6 Å². The number of ether oxygens (including phenoxy) is 2. The lowest BCUT2D eigenvalue weighted by Crippen LogP contribution is -2.39. The van der Waals surface area contributed by atoms with Crippen LogP contribution in [0.3, 0.4) is 0 Å². The van der Waals surface area contributed by atoms with Crippen LogP contribution in [0.15, 0.2) is 72.0 Å². The van der Waals surface area contributed by atoms with E-state index in [2.05, 4.69) is 30.5 Å². The van der Waals surface area contributed by atoms with Crippen LogP contribution in [0.25, 0.3) is 10.9 Å². The van der Waals surface area contributed by atoms with Crippen LogP contribution >= 0.6 is 0 Å². The third-order valence-electron chi connectivity index (χ3n) is 6.36. The number of nitrogens with one attached hydrogen (secondary N) is 2. The predicted molar refractivity (Wildman–Crippen MR) is 153 cm³/mol. The molecule has 0 saturated carbocycles. The molecule has 0 aliphatic carbocycles. The van der Waals surface area contributed by atoms with Crippen molar-refractivity contribution in [3.63, 3.8) is 0 Å². The zero-order valence-corrected chi connectivity index (χ0v) is 23.1. The van der Waals surface area contributed by atoms with E-state index in [1.807, 2.05) is 31.2 Å². The van der Waals surface area contributed by atoms with Gasteiger partial charge in [-0.3, -0.25) is 9.08 Å². The van der Waals surface area contributed by atoms with Crippen LogP contribution in [-0.4, -0.2) is 80.9 Å². The van der Waals surface area contributed by atoms with Crippen LogP contribution in [0, 0.1) is 6.92 Å². The smallest absolute Gasteiger partial charge is 0.297 e. The van der Waals surface area contributed by atoms with Crippen molar-refractivity contribution in [3.8, 4) is 5.75 Å². The molecule has 2 aromatic heterocycles. The Labute approximate surface area is 233 Å². The number of rotatable bonds is 12. The average Bonchev–Trinajstić information content (AvgIpc) is 2.97. The SMILES string of the molecule is Cc1ccc(S(=O)(=O)OCCOc2cccc(Nc3ncnc4cnc(NCCN5CCOCC5)cc34)c2)cc1. The molecule has 0 spiro atoms. The lowest BCUT2D eigenvalue weighted by Gasteiger charge is -2.26. The molecule has 0 bridgehead atoms. The number of benzene rings is 2. The molecule has 2 aromatic carbocycles. The number of anilines is 3. The first kappa shape index (κ1) is 27.7. The Hall–Kier alpha value is -3.84. The number of hydrogen-bond acceptors (Lipinski definition) is 11. The van der Waals surface area contributed by atoms with Gasteiger partial charge in [-0.15, -0.1) is 0 Å². The van der Waals surface area contributed by atoms with Gasteiger partial charge in [0.1, 0.15) is 36.9 Å². The van der Waals surface area contributed by atoms with Crippen molar-refractivity contribution in [2.24, 2.45) is 0 Å². The zero-order valence-electron chi connectivity index (χ0n) is 22.2. The average molecular weight is 565 g/mol. The van der Waals surface area contributed by atoms with E-state index in [-0.39, 0.29) is 18.1 Å². The molecule has 4 aromatic rings. The van der Waals surface area contributed by atoms with Crippen molar-refractivity contribution in [2.45, 2.75) is 11.8 Å². The summed E-state index contributed by atoms with van der Waals surface area (Å²) >= 11 is 0.